The quantitative estimate of drug-likeness (QED) is 0.569. The topological polar surface area (TPSA) is 66.9 Å². The van der Waals surface area contributed by atoms with E-state index < -0.39 is 11.5 Å². The zero-order valence-electron chi connectivity index (χ0n) is 20.7. The lowest BCUT2D eigenvalue weighted by Crippen LogP contribution is -2.46. The number of nitrogens with zero attached hydrogens (tertiary/aromatic N) is 2. The second kappa shape index (κ2) is 11.3. The van der Waals surface area contributed by atoms with E-state index in [1.54, 1.807) is 11.8 Å². The summed E-state index contributed by atoms with van der Waals surface area (Å²) in [4.78, 5) is 42.2. The van der Waals surface area contributed by atoms with Crippen LogP contribution < -0.4 is 0 Å². The first-order chi connectivity index (χ1) is 16.1. The van der Waals surface area contributed by atoms with E-state index in [0.717, 1.165) is 11.1 Å². The van der Waals surface area contributed by atoms with Gasteiger partial charge < -0.3 is 14.5 Å². The largest absolute Gasteiger partial charge is 0.452 e. The van der Waals surface area contributed by atoms with E-state index >= 15 is 0 Å². The summed E-state index contributed by atoms with van der Waals surface area (Å²) in [6.45, 7) is 9.28. The molecule has 0 radical (unpaired) electrons. The van der Waals surface area contributed by atoms with Gasteiger partial charge in [0.2, 0.25) is 5.91 Å². The SMILES string of the molecule is CC(OC(=O)C1CCN(C(=O)C(C)(C)C)CC1)C(=O)N(Cc1ccccc1)Cc1ccccc1. The highest BCUT2D eigenvalue weighted by Crippen LogP contribution is 2.25. The highest BCUT2D eigenvalue weighted by Gasteiger charge is 2.34. The predicted molar refractivity (Wildman–Crippen MR) is 131 cm³/mol. The number of carbonyl (C=O) groups excluding carboxylic acids is 3. The van der Waals surface area contributed by atoms with Crippen molar-refractivity contribution in [2.24, 2.45) is 11.3 Å². The molecule has 1 unspecified atom stereocenters. The van der Waals surface area contributed by atoms with Gasteiger partial charge in [-0.05, 0) is 30.9 Å². The van der Waals surface area contributed by atoms with Crippen LogP contribution in [0.1, 0.15) is 51.7 Å². The Labute approximate surface area is 202 Å². The molecular weight excluding hydrogens is 428 g/mol. The van der Waals surface area contributed by atoms with Crippen LogP contribution in [-0.4, -0.2) is 46.8 Å². The molecule has 6 nitrogen and oxygen atoms in total. The number of likely N-dealkylation sites (tertiary alicyclic amines) is 1. The Morgan fingerprint density at radius 1 is 0.912 bits per heavy atom. The molecule has 2 aromatic carbocycles. The maximum atomic E-state index is 13.3. The number of carbonyl (C=O) groups is 3. The van der Waals surface area contributed by atoms with E-state index in [4.69, 9.17) is 4.74 Å². The number of amides is 2. The molecule has 0 saturated carbocycles. The van der Waals surface area contributed by atoms with Crippen LogP contribution in [0.5, 0.6) is 0 Å². The average molecular weight is 465 g/mol. The molecule has 3 rings (SSSR count). The van der Waals surface area contributed by atoms with Crippen LogP contribution in [0.15, 0.2) is 60.7 Å². The molecule has 2 amide bonds. The highest BCUT2D eigenvalue weighted by atomic mass is 16.5. The van der Waals surface area contributed by atoms with Gasteiger partial charge >= 0.3 is 5.97 Å². The highest BCUT2D eigenvalue weighted by molar-refractivity contribution is 5.84. The molecule has 6 heteroatoms. The second-order valence-corrected chi connectivity index (χ2v) is 10.1. The van der Waals surface area contributed by atoms with Gasteiger partial charge in [-0.25, -0.2) is 0 Å². The fourth-order valence-corrected chi connectivity index (χ4v) is 4.19. The summed E-state index contributed by atoms with van der Waals surface area (Å²) in [5.41, 5.74) is 1.59. The van der Waals surface area contributed by atoms with Crippen molar-refractivity contribution in [2.45, 2.75) is 59.7 Å². The normalized spacial score (nSPS) is 15.5. The van der Waals surface area contributed by atoms with Gasteiger partial charge in [0.25, 0.3) is 5.91 Å². The van der Waals surface area contributed by atoms with E-state index in [1.165, 1.54) is 0 Å². The molecule has 1 aliphatic rings. The zero-order chi connectivity index (χ0) is 24.7. The molecule has 1 fully saturated rings. The van der Waals surface area contributed by atoms with Crippen molar-refractivity contribution in [3.05, 3.63) is 71.8 Å². The molecular formula is C28H36N2O4. The van der Waals surface area contributed by atoms with Crippen LogP contribution >= 0.6 is 0 Å². The zero-order valence-corrected chi connectivity index (χ0v) is 20.7. The van der Waals surface area contributed by atoms with Crippen molar-refractivity contribution in [3.8, 4) is 0 Å². The van der Waals surface area contributed by atoms with Gasteiger partial charge in [-0.15, -0.1) is 0 Å². The van der Waals surface area contributed by atoms with Crippen LogP contribution in [0.25, 0.3) is 0 Å². The molecule has 0 aliphatic carbocycles. The Hall–Kier alpha value is -3.15. The van der Waals surface area contributed by atoms with Crippen molar-refractivity contribution in [3.63, 3.8) is 0 Å². The minimum atomic E-state index is -0.880. The molecule has 0 bridgehead atoms. The fourth-order valence-electron chi connectivity index (χ4n) is 4.19. The first-order valence-corrected chi connectivity index (χ1v) is 12.0. The van der Waals surface area contributed by atoms with Crippen molar-refractivity contribution in [1.82, 2.24) is 9.80 Å². The summed E-state index contributed by atoms with van der Waals surface area (Å²) in [6.07, 6.45) is 0.229. The third kappa shape index (κ3) is 6.92. The van der Waals surface area contributed by atoms with E-state index in [9.17, 15) is 14.4 Å². The van der Waals surface area contributed by atoms with Gasteiger partial charge in [-0.2, -0.15) is 0 Å². The van der Waals surface area contributed by atoms with Gasteiger partial charge in [-0.3, -0.25) is 14.4 Å². The number of hydrogen-bond acceptors (Lipinski definition) is 4. The number of ether oxygens (including phenoxy) is 1. The monoisotopic (exact) mass is 464 g/mol. The van der Waals surface area contributed by atoms with Gasteiger partial charge in [0.05, 0.1) is 5.92 Å². The molecule has 1 heterocycles. The molecule has 1 aliphatic heterocycles. The summed E-state index contributed by atoms with van der Waals surface area (Å²) in [5, 5.41) is 0. The minimum absolute atomic E-state index is 0.0975. The summed E-state index contributed by atoms with van der Waals surface area (Å²) in [6, 6.07) is 19.6. The second-order valence-electron chi connectivity index (χ2n) is 10.1. The molecule has 34 heavy (non-hydrogen) atoms. The van der Waals surface area contributed by atoms with Crippen LogP contribution in [-0.2, 0) is 32.2 Å². The molecule has 2 aromatic rings. The maximum absolute atomic E-state index is 13.3. The van der Waals surface area contributed by atoms with E-state index in [0.29, 0.717) is 39.0 Å². The Bertz CT molecular complexity index is 919. The standard InChI is InChI=1S/C28H36N2O4/c1-21(34-26(32)24-15-17-29(18-16-24)27(33)28(2,3)4)25(31)30(19-22-11-7-5-8-12-22)20-23-13-9-6-10-14-23/h5-14,21,24H,15-20H2,1-4H3. The molecule has 182 valence electrons. The van der Waals surface area contributed by atoms with Gasteiger partial charge in [0.1, 0.15) is 0 Å². The first-order valence-electron chi connectivity index (χ1n) is 12.0. The minimum Gasteiger partial charge on any atom is -0.452 e. The van der Waals surface area contributed by atoms with Crippen LogP contribution in [0.3, 0.4) is 0 Å². The smallest absolute Gasteiger partial charge is 0.309 e. The van der Waals surface area contributed by atoms with E-state index in [-0.39, 0.29) is 23.7 Å². The van der Waals surface area contributed by atoms with Gasteiger partial charge in [-0.1, -0.05) is 81.4 Å². The predicted octanol–water partition coefficient (Wildman–Crippen LogP) is 4.43. The Balaban J connectivity index is 1.61. The maximum Gasteiger partial charge on any atom is 0.309 e. The molecule has 1 atom stereocenters. The Kier molecular flexibility index (Phi) is 8.48. The lowest BCUT2D eigenvalue weighted by atomic mass is 9.91. The number of piperidine rings is 1. The van der Waals surface area contributed by atoms with Crippen molar-refractivity contribution in [2.75, 3.05) is 13.1 Å². The van der Waals surface area contributed by atoms with Crippen LogP contribution in [0.2, 0.25) is 0 Å². The number of esters is 1. The molecule has 0 aromatic heterocycles. The third-order valence-electron chi connectivity index (χ3n) is 6.14. The summed E-state index contributed by atoms with van der Waals surface area (Å²) >= 11 is 0. The number of rotatable bonds is 7. The fraction of sp³-hybridized carbons (Fsp3) is 0.464. The lowest BCUT2D eigenvalue weighted by molar-refractivity contribution is -0.165. The Morgan fingerprint density at radius 2 is 1.38 bits per heavy atom. The third-order valence-corrected chi connectivity index (χ3v) is 6.14. The van der Waals surface area contributed by atoms with Crippen molar-refractivity contribution < 1.29 is 19.1 Å². The van der Waals surface area contributed by atoms with Gasteiger partial charge in [0.15, 0.2) is 6.10 Å². The van der Waals surface area contributed by atoms with Crippen molar-refractivity contribution >= 4 is 17.8 Å². The van der Waals surface area contributed by atoms with Gasteiger partial charge in [0, 0.05) is 31.6 Å². The van der Waals surface area contributed by atoms with Crippen molar-refractivity contribution in [1.29, 1.82) is 0 Å². The molecule has 0 N–H and O–H groups in total. The Morgan fingerprint density at radius 3 is 1.82 bits per heavy atom. The molecule has 1 saturated heterocycles. The first kappa shape index (κ1) is 25.5. The van der Waals surface area contributed by atoms with Crippen LogP contribution in [0, 0.1) is 11.3 Å². The summed E-state index contributed by atoms with van der Waals surface area (Å²) in [7, 11) is 0. The lowest BCUT2D eigenvalue weighted by Gasteiger charge is -2.35. The van der Waals surface area contributed by atoms with E-state index in [1.807, 2.05) is 86.3 Å². The molecule has 0 spiro atoms. The number of benzene rings is 2. The average Bonchev–Trinajstić information content (AvgIpc) is 2.83. The number of hydrogen-bond donors (Lipinski definition) is 0. The van der Waals surface area contributed by atoms with Crippen LogP contribution in [0.4, 0.5) is 0 Å². The summed E-state index contributed by atoms with van der Waals surface area (Å²) in [5.74, 6) is -0.777. The summed E-state index contributed by atoms with van der Waals surface area (Å²) < 4.78 is 5.64. The van der Waals surface area contributed by atoms with E-state index in [2.05, 4.69) is 0 Å².